The van der Waals surface area contributed by atoms with E-state index < -0.39 is 0 Å². The van der Waals surface area contributed by atoms with Gasteiger partial charge in [-0.15, -0.1) is 0 Å². The number of benzene rings is 1. The number of thioether (sulfide) groups is 1. The number of rotatable bonds is 7. The average Bonchev–Trinajstić information content (AvgIpc) is 2.30. The van der Waals surface area contributed by atoms with E-state index in [1.54, 1.807) is 0 Å². The predicted molar refractivity (Wildman–Crippen MR) is 70.7 cm³/mol. The molecule has 0 fully saturated rings. The molecule has 0 radical (unpaired) electrons. The maximum Gasteiger partial charge on any atom is 0.00203 e. The molecule has 0 bridgehead atoms. The van der Waals surface area contributed by atoms with E-state index in [0.717, 1.165) is 13.1 Å². The van der Waals surface area contributed by atoms with Crippen molar-refractivity contribution in [2.45, 2.75) is 19.3 Å². The number of nitrogens with one attached hydrogen (secondary N) is 1. The van der Waals surface area contributed by atoms with Crippen LogP contribution in [0.5, 0.6) is 0 Å². The van der Waals surface area contributed by atoms with E-state index in [4.69, 9.17) is 0 Å². The van der Waals surface area contributed by atoms with Crippen molar-refractivity contribution in [1.29, 1.82) is 0 Å². The molecule has 0 amide bonds. The van der Waals surface area contributed by atoms with Crippen LogP contribution in [0.4, 0.5) is 0 Å². The molecule has 1 unspecified atom stereocenters. The van der Waals surface area contributed by atoms with Gasteiger partial charge in [0.15, 0.2) is 0 Å². The minimum Gasteiger partial charge on any atom is -0.316 e. The molecule has 1 aromatic rings. The van der Waals surface area contributed by atoms with Crippen molar-refractivity contribution in [3.63, 3.8) is 0 Å². The van der Waals surface area contributed by atoms with Gasteiger partial charge in [0, 0.05) is 6.54 Å². The van der Waals surface area contributed by atoms with E-state index in [0.29, 0.717) is 5.92 Å². The van der Waals surface area contributed by atoms with Gasteiger partial charge in [0.05, 0.1) is 0 Å². The molecule has 0 spiro atoms. The molecule has 15 heavy (non-hydrogen) atoms. The minimum absolute atomic E-state index is 0.665. The van der Waals surface area contributed by atoms with Crippen LogP contribution in [0.25, 0.3) is 0 Å². The summed E-state index contributed by atoms with van der Waals surface area (Å²) in [6, 6.07) is 10.8. The molecular formula is C13H21NS. The van der Waals surface area contributed by atoms with Crippen LogP contribution in [-0.2, 0) is 0 Å². The summed E-state index contributed by atoms with van der Waals surface area (Å²) in [5, 5.41) is 3.45. The largest absolute Gasteiger partial charge is 0.316 e. The van der Waals surface area contributed by atoms with Crippen molar-refractivity contribution >= 4 is 11.8 Å². The lowest BCUT2D eigenvalue weighted by atomic mass is 9.96. The molecule has 1 nitrogen and oxygen atoms in total. The fourth-order valence-corrected chi connectivity index (χ4v) is 2.21. The van der Waals surface area contributed by atoms with Gasteiger partial charge < -0.3 is 5.32 Å². The molecule has 1 aromatic carbocycles. The van der Waals surface area contributed by atoms with Crippen molar-refractivity contribution in [2.75, 3.05) is 25.1 Å². The molecule has 1 N–H and O–H groups in total. The van der Waals surface area contributed by atoms with Crippen LogP contribution in [0.2, 0.25) is 0 Å². The van der Waals surface area contributed by atoms with Gasteiger partial charge in [-0.2, -0.15) is 11.8 Å². The molecule has 0 aliphatic heterocycles. The molecule has 2 heteroatoms. The van der Waals surface area contributed by atoms with E-state index in [-0.39, 0.29) is 0 Å². The maximum absolute atomic E-state index is 3.45. The third-order valence-corrected chi connectivity index (χ3v) is 3.23. The van der Waals surface area contributed by atoms with Crippen LogP contribution in [0.15, 0.2) is 30.3 Å². The van der Waals surface area contributed by atoms with Gasteiger partial charge >= 0.3 is 0 Å². The Morgan fingerprint density at radius 1 is 1.27 bits per heavy atom. The van der Waals surface area contributed by atoms with Crippen molar-refractivity contribution < 1.29 is 0 Å². The van der Waals surface area contributed by atoms with Gasteiger partial charge in [0.25, 0.3) is 0 Å². The Hall–Kier alpha value is -0.470. The van der Waals surface area contributed by atoms with Crippen LogP contribution < -0.4 is 5.32 Å². The fraction of sp³-hybridized carbons (Fsp3) is 0.538. The SMILES string of the molecule is CCNCC(CCSC)c1ccccc1. The zero-order chi connectivity index (χ0) is 10.9. The van der Waals surface area contributed by atoms with Crippen molar-refractivity contribution in [3.05, 3.63) is 35.9 Å². The molecule has 0 aromatic heterocycles. The van der Waals surface area contributed by atoms with Gasteiger partial charge in [-0.25, -0.2) is 0 Å². The van der Waals surface area contributed by atoms with Crippen LogP contribution in [0.1, 0.15) is 24.8 Å². The van der Waals surface area contributed by atoms with Gasteiger partial charge in [-0.1, -0.05) is 37.3 Å². The Morgan fingerprint density at radius 2 is 2.00 bits per heavy atom. The van der Waals surface area contributed by atoms with Crippen LogP contribution >= 0.6 is 11.8 Å². The molecular weight excluding hydrogens is 202 g/mol. The van der Waals surface area contributed by atoms with Gasteiger partial charge in [0.2, 0.25) is 0 Å². The highest BCUT2D eigenvalue weighted by molar-refractivity contribution is 7.98. The lowest BCUT2D eigenvalue weighted by Crippen LogP contribution is -2.21. The Balaban J connectivity index is 2.55. The van der Waals surface area contributed by atoms with Crippen LogP contribution in [0, 0.1) is 0 Å². The van der Waals surface area contributed by atoms with Crippen molar-refractivity contribution in [2.24, 2.45) is 0 Å². The Morgan fingerprint density at radius 3 is 2.60 bits per heavy atom. The highest BCUT2D eigenvalue weighted by atomic mass is 32.2. The monoisotopic (exact) mass is 223 g/mol. The average molecular weight is 223 g/mol. The van der Waals surface area contributed by atoms with Gasteiger partial charge in [-0.3, -0.25) is 0 Å². The molecule has 0 aliphatic rings. The van der Waals surface area contributed by atoms with Crippen LogP contribution in [-0.4, -0.2) is 25.1 Å². The summed E-state index contributed by atoms with van der Waals surface area (Å²) >= 11 is 1.93. The highest BCUT2D eigenvalue weighted by Gasteiger charge is 2.09. The molecule has 0 aliphatic carbocycles. The first-order valence-corrected chi connectivity index (χ1v) is 7.02. The zero-order valence-corrected chi connectivity index (χ0v) is 10.5. The first-order valence-electron chi connectivity index (χ1n) is 5.63. The zero-order valence-electron chi connectivity index (χ0n) is 9.70. The maximum atomic E-state index is 3.45. The molecule has 1 atom stereocenters. The van der Waals surface area contributed by atoms with Gasteiger partial charge in [-0.05, 0) is 36.5 Å². The van der Waals surface area contributed by atoms with Gasteiger partial charge in [0.1, 0.15) is 0 Å². The summed E-state index contributed by atoms with van der Waals surface area (Å²) in [5.74, 6) is 1.91. The van der Waals surface area contributed by atoms with E-state index in [1.165, 1.54) is 17.7 Å². The van der Waals surface area contributed by atoms with Crippen molar-refractivity contribution in [1.82, 2.24) is 5.32 Å². The highest BCUT2D eigenvalue weighted by Crippen LogP contribution is 2.20. The lowest BCUT2D eigenvalue weighted by Gasteiger charge is -2.17. The van der Waals surface area contributed by atoms with E-state index >= 15 is 0 Å². The summed E-state index contributed by atoms with van der Waals surface area (Å²) in [7, 11) is 0. The first-order chi connectivity index (χ1) is 7.38. The van der Waals surface area contributed by atoms with E-state index in [1.807, 2.05) is 11.8 Å². The fourth-order valence-electron chi connectivity index (χ4n) is 1.69. The molecule has 84 valence electrons. The van der Waals surface area contributed by atoms with E-state index in [9.17, 15) is 0 Å². The summed E-state index contributed by atoms with van der Waals surface area (Å²) in [6.45, 7) is 4.32. The second kappa shape index (κ2) is 7.77. The topological polar surface area (TPSA) is 12.0 Å². The lowest BCUT2D eigenvalue weighted by molar-refractivity contribution is 0.587. The third kappa shape index (κ3) is 4.72. The van der Waals surface area contributed by atoms with Crippen molar-refractivity contribution in [3.8, 4) is 0 Å². The summed E-state index contributed by atoms with van der Waals surface area (Å²) in [6.07, 6.45) is 3.44. The number of hydrogen-bond acceptors (Lipinski definition) is 2. The predicted octanol–water partition coefficient (Wildman–Crippen LogP) is 3.13. The van der Waals surface area contributed by atoms with E-state index in [2.05, 4.69) is 48.8 Å². The third-order valence-electron chi connectivity index (χ3n) is 2.58. The minimum atomic E-state index is 0.665. The first kappa shape index (κ1) is 12.6. The molecule has 1 rings (SSSR count). The Labute approximate surface area is 97.7 Å². The normalized spacial score (nSPS) is 12.7. The summed E-state index contributed by atoms with van der Waals surface area (Å²) in [4.78, 5) is 0. The number of hydrogen-bond donors (Lipinski definition) is 1. The summed E-state index contributed by atoms with van der Waals surface area (Å²) in [5.41, 5.74) is 1.47. The molecule has 0 heterocycles. The second-order valence-electron chi connectivity index (χ2n) is 3.70. The summed E-state index contributed by atoms with van der Waals surface area (Å²) < 4.78 is 0. The molecule has 0 saturated carbocycles. The Bertz CT molecular complexity index is 240. The molecule has 0 saturated heterocycles. The smallest absolute Gasteiger partial charge is 0.00203 e. The quantitative estimate of drug-likeness (QED) is 0.762. The standard InChI is InChI=1S/C13H21NS/c1-3-14-11-13(9-10-15-2)12-7-5-4-6-8-12/h4-8,13-14H,3,9-11H2,1-2H3. The second-order valence-corrected chi connectivity index (χ2v) is 4.68. The number of likely N-dealkylation sites (N-methyl/N-ethyl adjacent to an activating group) is 1. The Kier molecular flexibility index (Phi) is 6.53. The van der Waals surface area contributed by atoms with Crippen LogP contribution in [0.3, 0.4) is 0 Å².